The second-order valence-corrected chi connectivity index (χ2v) is 6.79. The van der Waals surface area contributed by atoms with Gasteiger partial charge in [0, 0.05) is 29.5 Å². The number of nitrogens with zero attached hydrogens (tertiary/aromatic N) is 3. The van der Waals surface area contributed by atoms with Gasteiger partial charge in [-0.15, -0.1) is 11.3 Å². The zero-order valence-electron chi connectivity index (χ0n) is 13.9. The van der Waals surface area contributed by atoms with E-state index in [4.69, 9.17) is 0 Å². The summed E-state index contributed by atoms with van der Waals surface area (Å²) in [5, 5.41) is 21.7. The maximum absolute atomic E-state index is 10.9. The first-order valence-corrected chi connectivity index (χ1v) is 8.90. The SMILES string of the molecule is O=[N+]([O-])c1ccc(O)c(C=Nc2ccccc2-c2nc3ccccc3s2)c1. The van der Waals surface area contributed by atoms with Gasteiger partial charge in [-0.2, -0.15) is 0 Å². The molecule has 0 spiro atoms. The van der Waals surface area contributed by atoms with Gasteiger partial charge in [-0.05, 0) is 30.3 Å². The number of nitro benzene ring substituents is 1. The van der Waals surface area contributed by atoms with E-state index in [2.05, 4.69) is 9.98 Å². The summed E-state index contributed by atoms with van der Waals surface area (Å²) in [6.07, 6.45) is 1.43. The second kappa shape index (κ2) is 6.97. The van der Waals surface area contributed by atoms with Gasteiger partial charge in [-0.1, -0.05) is 24.3 Å². The van der Waals surface area contributed by atoms with Crippen LogP contribution in [0.5, 0.6) is 5.75 Å². The molecule has 0 amide bonds. The van der Waals surface area contributed by atoms with E-state index in [1.165, 1.54) is 24.4 Å². The van der Waals surface area contributed by atoms with Gasteiger partial charge in [0.25, 0.3) is 5.69 Å². The van der Waals surface area contributed by atoms with Crippen LogP contribution in [0.1, 0.15) is 5.56 Å². The predicted octanol–water partition coefficient (Wildman–Crippen LogP) is 5.33. The Hall–Kier alpha value is -3.58. The number of aromatic nitrogens is 1. The number of hydrogen-bond acceptors (Lipinski definition) is 6. The van der Waals surface area contributed by atoms with Gasteiger partial charge in [0.1, 0.15) is 10.8 Å². The minimum absolute atomic E-state index is 0.0678. The van der Waals surface area contributed by atoms with Crippen molar-refractivity contribution in [3.63, 3.8) is 0 Å². The molecule has 0 unspecified atom stereocenters. The molecule has 0 aliphatic heterocycles. The van der Waals surface area contributed by atoms with Gasteiger partial charge in [0.15, 0.2) is 0 Å². The van der Waals surface area contributed by atoms with Crippen LogP contribution in [0.25, 0.3) is 20.8 Å². The second-order valence-electron chi connectivity index (χ2n) is 5.76. The zero-order valence-corrected chi connectivity index (χ0v) is 14.8. The Bertz CT molecular complexity index is 1150. The van der Waals surface area contributed by atoms with Gasteiger partial charge in [-0.3, -0.25) is 15.1 Å². The van der Waals surface area contributed by atoms with E-state index in [0.717, 1.165) is 20.8 Å². The average molecular weight is 375 g/mol. The Balaban J connectivity index is 1.75. The highest BCUT2D eigenvalue weighted by atomic mass is 32.1. The van der Waals surface area contributed by atoms with E-state index >= 15 is 0 Å². The number of para-hydroxylation sites is 2. The largest absolute Gasteiger partial charge is 0.507 e. The number of aromatic hydroxyl groups is 1. The van der Waals surface area contributed by atoms with Crippen LogP contribution in [0.3, 0.4) is 0 Å². The van der Waals surface area contributed by atoms with Crippen LogP contribution in [-0.4, -0.2) is 21.2 Å². The van der Waals surface area contributed by atoms with Crippen LogP contribution in [0, 0.1) is 10.1 Å². The number of hydrogen-bond donors (Lipinski definition) is 1. The van der Waals surface area contributed by atoms with Crippen molar-refractivity contribution in [2.45, 2.75) is 0 Å². The number of aliphatic imine (C=N–C) groups is 1. The van der Waals surface area contributed by atoms with Gasteiger partial charge in [0.2, 0.25) is 0 Å². The van der Waals surface area contributed by atoms with Crippen LogP contribution in [0.4, 0.5) is 11.4 Å². The number of phenolic OH excluding ortho intramolecular Hbond substituents is 1. The van der Waals surface area contributed by atoms with E-state index in [-0.39, 0.29) is 17.0 Å². The van der Waals surface area contributed by atoms with Crippen molar-refractivity contribution in [2.24, 2.45) is 4.99 Å². The summed E-state index contributed by atoms with van der Waals surface area (Å²) in [4.78, 5) is 19.5. The highest BCUT2D eigenvalue weighted by molar-refractivity contribution is 7.21. The highest BCUT2D eigenvalue weighted by Gasteiger charge is 2.11. The van der Waals surface area contributed by atoms with E-state index < -0.39 is 4.92 Å². The molecule has 0 saturated heterocycles. The van der Waals surface area contributed by atoms with Crippen LogP contribution >= 0.6 is 11.3 Å². The minimum Gasteiger partial charge on any atom is -0.507 e. The monoisotopic (exact) mass is 375 g/mol. The lowest BCUT2D eigenvalue weighted by atomic mass is 10.1. The summed E-state index contributed by atoms with van der Waals surface area (Å²) in [5.41, 5.74) is 2.63. The molecule has 0 aliphatic rings. The number of rotatable bonds is 4. The van der Waals surface area contributed by atoms with E-state index in [1.807, 2.05) is 48.5 Å². The van der Waals surface area contributed by atoms with Crippen LogP contribution in [0.15, 0.2) is 71.7 Å². The van der Waals surface area contributed by atoms with Crippen molar-refractivity contribution >= 4 is 39.1 Å². The lowest BCUT2D eigenvalue weighted by Gasteiger charge is -2.02. The van der Waals surface area contributed by atoms with Gasteiger partial charge in [0.05, 0.1) is 20.8 Å². The fourth-order valence-electron chi connectivity index (χ4n) is 2.65. The van der Waals surface area contributed by atoms with Crippen molar-refractivity contribution < 1.29 is 10.0 Å². The quantitative estimate of drug-likeness (QED) is 0.297. The molecule has 132 valence electrons. The Morgan fingerprint density at radius 3 is 2.67 bits per heavy atom. The molecule has 0 bridgehead atoms. The molecule has 0 atom stereocenters. The first-order chi connectivity index (χ1) is 13.1. The fourth-order valence-corrected chi connectivity index (χ4v) is 3.65. The number of thiazole rings is 1. The number of non-ortho nitro benzene ring substituents is 1. The van der Waals surface area contributed by atoms with Crippen molar-refractivity contribution in [2.75, 3.05) is 0 Å². The van der Waals surface area contributed by atoms with Crippen molar-refractivity contribution in [1.82, 2.24) is 4.98 Å². The van der Waals surface area contributed by atoms with Crippen molar-refractivity contribution in [3.8, 4) is 16.3 Å². The van der Waals surface area contributed by atoms with E-state index in [9.17, 15) is 15.2 Å². The smallest absolute Gasteiger partial charge is 0.270 e. The Labute approximate surface area is 158 Å². The van der Waals surface area contributed by atoms with E-state index in [0.29, 0.717) is 5.69 Å². The Morgan fingerprint density at radius 1 is 1.07 bits per heavy atom. The predicted molar refractivity (Wildman–Crippen MR) is 107 cm³/mol. The van der Waals surface area contributed by atoms with Gasteiger partial charge in [-0.25, -0.2) is 4.98 Å². The topological polar surface area (TPSA) is 88.6 Å². The lowest BCUT2D eigenvalue weighted by molar-refractivity contribution is -0.384. The number of nitro groups is 1. The summed E-state index contributed by atoms with van der Waals surface area (Å²) >= 11 is 1.57. The fraction of sp³-hybridized carbons (Fsp3) is 0. The van der Waals surface area contributed by atoms with Crippen molar-refractivity contribution in [3.05, 3.63) is 82.4 Å². The summed E-state index contributed by atoms with van der Waals surface area (Å²) < 4.78 is 1.09. The van der Waals surface area contributed by atoms with Crippen LogP contribution in [0.2, 0.25) is 0 Å². The standard InChI is InChI=1S/C20H13N3O3S/c24-18-10-9-14(23(25)26)11-13(18)12-21-16-6-2-1-5-15(16)20-22-17-7-3-4-8-19(17)27-20/h1-12,24H. The molecule has 4 aromatic rings. The summed E-state index contributed by atoms with van der Waals surface area (Å²) in [5.74, 6) is -0.0678. The maximum atomic E-state index is 10.9. The normalized spacial score (nSPS) is 11.3. The Kier molecular flexibility index (Phi) is 4.35. The molecule has 0 fully saturated rings. The molecule has 6 nitrogen and oxygen atoms in total. The summed E-state index contributed by atoms with van der Waals surface area (Å²) in [7, 11) is 0. The third-order valence-corrected chi connectivity index (χ3v) is 5.06. The van der Waals surface area contributed by atoms with Gasteiger partial charge >= 0.3 is 0 Å². The molecule has 1 N–H and O–H groups in total. The molecule has 4 rings (SSSR count). The first kappa shape index (κ1) is 16.9. The van der Waals surface area contributed by atoms with E-state index in [1.54, 1.807) is 11.3 Å². The molecular formula is C20H13N3O3S. The molecule has 7 heteroatoms. The van der Waals surface area contributed by atoms with Gasteiger partial charge < -0.3 is 5.11 Å². The molecule has 1 heterocycles. The highest BCUT2D eigenvalue weighted by Crippen LogP contribution is 2.35. The molecule has 0 radical (unpaired) electrons. The number of benzene rings is 3. The average Bonchev–Trinajstić information content (AvgIpc) is 3.11. The summed E-state index contributed by atoms with van der Waals surface area (Å²) in [6, 6.07) is 19.3. The Morgan fingerprint density at radius 2 is 1.85 bits per heavy atom. The first-order valence-electron chi connectivity index (χ1n) is 8.08. The minimum atomic E-state index is -0.508. The molecule has 27 heavy (non-hydrogen) atoms. The zero-order chi connectivity index (χ0) is 18.8. The number of phenols is 1. The van der Waals surface area contributed by atoms with Crippen molar-refractivity contribution in [1.29, 1.82) is 0 Å². The molecule has 3 aromatic carbocycles. The third kappa shape index (κ3) is 3.40. The summed E-state index contributed by atoms with van der Waals surface area (Å²) in [6.45, 7) is 0. The van der Waals surface area contributed by atoms with Crippen LogP contribution in [-0.2, 0) is 0 Å². The van der Waals surface area contributed by atoms with Crippen LogP contribution < -0.4 is 0 Å². The maximum Gasteiger partial charge on any atom is 0.270 e. The lowest BCUT2D eigenvalue weighted by Crippen LogP contribution is -1.90. The molecule has 0 saturated carbocycles. The molecule has 0 aliphatic carbocycles. The number of fused-ring (bicyclic) bond motifs is 1. The molecular weight excluding hydrogens is 362 g/mol. The third-order valence-electron chi connectivity index (χ3n) is 3.99. The molecule has 1 aromatic heterocycles.